The van der Waals surface area contributed by atoms with E-state index in [-0.39, 0.29) is 0 Å². The zero-order chi connectivity index (χ0) is 15.2. The monoisotopic (exact) mass is 280 g/mol. The number of rotatable bonds is 13. The SMILES string of the molecule is C=C(CCCCCN(C)N)N(C#N)CCCCCC=O. The molecule has 0 rings (SSSR count). The molecule has 0 unspecified atom stereocenters. The van der Waals surface area contributed by atoms with Crippen LogP contribution in [-0.4, -0.2) is 36.3 Å². The number of allylic oxidation sites excluding steroid dienone is 1. The largest absolute Gasteiger partial charge is 0.303 e. The minimum absolute atomic E-state index is 0.614. The van der Waals surface area contributed by atoms with Crippen LogP contribution in [0.3, 0.4) is 0 Å². The molecule has 0 aromatic carbocycles. The summed E-state index contributed by atoms with van der Waals surface area (Å²) in [4.78, 5) is 11.9. The van der Waals surface area contributed by atoms with Crippen LogP contribution in [0.5, 0.6) is 0 Å². The van der Waals surface area contributed by atoms with Gasteiger partial charge in [0.2, 0.25) is 0 Å². The molecule has 0 aliphatic carbocycles. The quantitative estimate of drug-likeness (QED) is 0.140. The molecule has 0 aromatic heterocycles. The third-order valence-corrected chi connectivity index (χ3v) is 3.18. The van der Waals surface area contributed by atoms with E-state index in [1.165, 1.54) is 0 Å². The van der Waals surface area contributed by atoms with E-state index in [2.05, 4.69) is 12.8 Å². The van der Waals surface area contributed by atoms with Crippen molar-refractivity contribution in [2.45, 2.75) is 51.4 Å². The first-order valence-corrected chi connectivity index (χ1v) is 7.36. The normalized spacial score (nSPS) is 10.3. The molecule has 0 spiro atoms. The molecule has 0 fully saturated rings. The molecule has 0 heterocycles. The van der Waals surface area contributed by atoms with Gasteiger partial charge < -0.3 is 4.79 Å². The van der Waals surface area contributed by atoms with Gasteiger partial charge >= 0.3 is 0 Å². The second-order valence-electron chi connectivity index (χ2n) is 5.13. The Morgan fingerprint density at radius 1 is 1.20 bits per heavy atom. The zero-order valence-corrected chi connectivity index (χ0v) is 12.7. The molecule has 0 saturated heterocycles. The molecule has 0 radical (unpaired) electrons. The van der Waals surface area contributed by atoms with E-state index in [9.17, 15) is 4.79 Å². The Kier molecular flexibility index (Phi) is 11.8. The maximum absolute atomic E-state index is 10.2. The number of unbranched alkanes of at least 4 members (excludes halogenated alkanes) is 5. The van der Waals surface area contributed by atoms with Crippen LogP contribution in [0.4, 0.5) is 0 Å². The number of hydrazine groups is 1. The van der Waals surface area contributed by atoms with Crippen LogP contribution in [0.2, 0.25) is 0 Å². The summed E-state index contributed by atoms with van der Waals surface area (Å²) in [5.41, 5.74) is 0.893. The van der Waals surface area contributed by atoms with Crippen molar-refractivity contribution < 1.29 is 4.79 Å². The Labute approximate surface area is 123 Å². The average Bonchev–Trinajstić information content (AvgIpc) is 2.42. The van der Waals surface area contributed by atoms with Crippen molar-refractivity contribution in [2.75, 3.05) is 20.1 Å². The van der Waals surface area contributed by atoms with Gasteiger partial charge in [0.05, 0.1) is 0 Å². The standard InChI is InChI=1S/C15H28N4O/c1-15(10-6-5-7-11-18(2)17)19(14-16)12-8-3-4-9-13-20/h13H,1,3-12,17H2,2H3. The maximum atomic E-state index is 10.2. The van der Waals surface area contributed by atoms with Crippen molar-refractivity contribution in [3.8, 4) is 6.19 Å². The van der Waals surface area contributed by atoms with E-state index in [1.807, 2.05) is 7.05 Å². The summed E-state index contributed by atoms with van der Waals surface area (Å²) in [6.45, 7) is 5.59. The summed E-state index contributed by atoms with van der Waals surface area (Å²) in [7, 11) is 1.86. The molecule has 0 aliphatic heterocycles. The predicted molar refractivity (Wildman–Crippen MR) is 81.3 cm³/mol. The Balaban J connectivity index is 3.69. The number of hydrogen-bond donors (Lipinski definition) is 1. The fourth-order valence-corrected chi connectivity index (χ4v) is 1.96. The summed E-state index contributed by atoms with van der Waals surface area (Å²) in [6.07, 6.45) is 10.6. The maximum Gasteiger partial charge on any atom is 0.183 e. The molecule has 0 amide bonds. The summed E-state index contributed by atoms with van der Waals surface area (Å²) in [6, 6.07) is 0. The smallest absolute Gasteiger partial charge is 0.183 e. The van der Waals surface area contributed by atoms with Gasteiger partial charge in [0.25, 0.3) is 0 Å². The van der Waals surface area contributed by atoms with Crippen LogP contribution in [-0.2, 0) is 4.79 Å². The predicted octanol–water partition coefficient (Wildman–Crippen LogP) is 2.41. The lowest BCUT2D eigenvalue weighted by Gasteiger charge is -2.18. The van der Waals surface area contributed by atoms with Crippen LogP contribution >= 0.6 is 0 Å². The highest BCUT2D eigenvalue weighted by Gasteiger charge is 2.06. The van der Waals surface area contributed by atoms with E-state index in [0.29, 0.717) is 13.0 Å². The highest BCUT2D eigenvalue weighted by atomic mass is 16.1. The van der Waals surface area contributed by atoms with Gasteiger partial charge in [-0.15, -0.1) is 0 Å². The Morgan fingerprint density at radius 2 is 1.85 bits per heavy atom. The number of nitrogens with zero attached hydrogens (tertiary/aromatic N) is 3. The number of nitrogens with two attached hydrogens (primary N) is 1. The van der Waals surface area contributed by atoms with Gasteiger partial charge in [-0.05, 0) is 32.1 Å². The fraction of sp³-hybridized carbons (Fsp3) is 0.733. The third-order valence-electron chi connectivity index (χ3n) is 3.18. The van der Waals surface area contributed by atoms with Crippen LogP contribution in [0.25, 0.3) is 0 Å². The molecule has 5 heteroatoms. The second kappa shape index (κ2) is 12.6. The van der Waals surface area contributed by atoms with Gasteiger partial charge in [-0.2, -0.15) is 5.26 Å². The lowest BCUT2D eigenvalue weighted by Crippen LogP contribution is -2.26. The zero-order valence-electron chi connectivity index (χ0n) is 12.7. The summed E-state index contributed by atoms with van der Waals surface area (Å²) >= 11 is 0. The number of hydrogen-bond acceptors (Lipinski definition) is 5. The minimum Gasteiger partial charge on any atom is -0.303 e. The molecular weight excluding hydrogens is 252 g/mol. The lowest BCUT2D eigenvalue weighted by atomic mass is 10.1. The van der Waals surface area contributed by atoms with Crippen LogP contribution in [0.15, 0.2) is 12.3 Å². The van der Waals surface area contributed by atoms with E-state index < -0.39 is 0 Å². The van der Waals surface area contributed by atoms with Crippen molar-refractivity contribution in [1.29, 1.82) is 5.26 Å². The van der Waals surface area contributed by atoms with E-state index in [1.54, 1.807) is 9.91 Å². The molecule has 0 saturated carbocycles. The van der Waals surface area contributed by atoms with Crippen molar-refractivity contribution >= 4 is 6.29 Å². The first-order chi connectivity index (χ1) is 9.61. The molecule has 20 heavy (non-hydrogen) atoms. The Hall–Kier alpha value is -1.38. The fourth-order valence-electron chi connectivity index (χ4n) is 1.96. The Morgan fingerprint density at radius 3 is 2.45 bits per heavy atom. The van der Waals surface area contributed by atoms with Gasteiger partial charge in [0, 0.05) is 32.3 Å². The number of carbonyl (C=O) groups excluding carboxylic acids is 1. The van der Waals surface area contributed by atoms with Crippen LogP contribution in [0.1, 0.15) is 51.4 Å². The van der Waals surface area contributed by atoms with Crippen LogP contribution in [0, 0.1) is 11.5 Å². The molecular formula is C15H28N4O. The van der Waals surface area contributed by atoms with E-state index in [0.717, 1.165) is 63.5 Å². The third kappa shape index (κ3) is 10.5. The highest BCUT2D eigenvalue weighted by Crippen LogP contribution is 2.13. The first-order valence-electron chi connectivity index (χ1n) is 7.36. The van der Waals surface area contributed by atoms with Crippen LogP contribution < -0.4 is 5.84 Å². The molecule has 5 nitrogen and oxygen atoms in total. The average molecular weight is 280 g/mol. The number of carbonyl (C=O) groups is 1. The van der Waals surface area contributed by atoms with E-state index >= 15 is 0 Å². The highest BCUT2D eigenvalue weighted by molar-refractivity contribution is 5.48. The number of aldehydes is 1. The first kappa shape index (κ1) is 18.6. The molecule has 0 bridgehead atoms. The van der Waals surface area contributed by atoms with E-state index in [4.69, 9.17) is 11.1 Å². The van der Waals surface area contributed by atoms with Gasteiger partial charge in [0.1, 0.15) is 6.29 Å². The van der Waals surface area contributed by atoms with Crippen molar-refractivity contribution in [3.05, 3.63) is 12.3 Å². The molecule has 0 aliphatic rings. The topological polar surface area (TPSA) is 73.4 Å². The Bertz CT molecular complexity index is 309. The minimum atomic E-state index is 0.614. The molecule has 2 N–H and O–H groups in total. The number of nitriles is 1. The van der Waals surface area contributed by atoms with Gasteiger partial charge in [0.15, 0.2) is 6.19 Å². The molecule has 114 valence electrons. The van der Waals surface area contributed by atoms with Gasteiger partial charge in [-0.1, -0.05) is 19.4 Å². The second-order valence-corrected chi connectivity index (χ2v) is 5.13. The van der Waals surface area contributed by atoms with Crippen molar-refractivity contribution in [2.24, 2.45) is 5.84 Å². The lowest BCUT2D eigenvalue weighted by molar-refractivity contribution is -0.107. The summed E-state index contributed by atoms with van der Waals surface area (Å²) in [5.74, 6) is 5.54. The van der Waals surface area contributed by atoms with Gasteiger partial charge in [-0.3, -0.25) is 15.8 Å². The van der Waals surface area contributed by atoms with Crippen molar-refractivity contribution in [3.63, 3.8) is 0 Å². The molecule has 0 atom stereocenters. The summed E-state index contributed by atoms with van der Waals surface area (Å²) < 4.78 is 0. The molecule has 0 aromatic rings. The van der Waals surface area contributed by atoms with Gasteiger partial charge in [-0.25, -0.2) is 0 Å². The summed E-state index contributed by atoms with van der Waals surface area (Å²) in [5, 5.41) is 10.8. The van der Waals surface area contributed by atoms with Crippen molar-refractivity contribution in [1.82, 2.24) is 9.91 Å².